The molecule has 1 aliphatic heterocycles. The number of carbonyl (C=O) groups excluding carboxylic acids is 1. The molecule has 0 aromatic carbocycles. The molecule has 1 saturated heterocycles. The van der Waals surface area contributed by atoms with Gasteiger partial charge in [0.15, 0.2) is 0 Å². The molecule has 0 saturated carbocycles. The maximum Gasteiger partial charge on any atom is 0.222 e. The van der Waals surface area contributed by atoms with E-state index in [-0.39, 0.29) is 0 Å². The number of hydrogen-bond acceptors (Lipinski definition) is 2. The summed E-state index contributed by atoms with van der Waals surface area (Å²) in [5.41, 5.74) is 1.32. The maximum atomic E-state index is 12.1. The van der Waals surface area contributed by atoms with Crippen LogP contribution in [0.4, 0.5) is 0 Å². The van der Waals surface area contributed by atoms with Crippen LogP contribution in [-0.4, -0.2) is 28.9 Å². The molecule has 1 aromatic rings. The molecule has 0 aliphatic carbocycles. The van der Waals surface area contributed by atoms with E-state index < -0.39 is 0 Å². The highest BCUT2D eigenvalue weighted by Gasteiger charge is 2.23. The SMILES string of the molecule is CC[C@H](C)CC(=O)N1CCC(Cc2cccnc2)CC1. The van der Waals surface area contributed by atoms with Crippen molar-refractivity contribution in [2.75, 3.05) is 13.1 Å². The molecule has 110 valence electrons. The Balaban J connectivity index is 1.76. The number of hydrogen-bond donors (Lipinski definition) is 0. The van der Waals surface area contributed by atoms with Crippen LogP contribution in [0.3, 0.4) is 0 Å². The molecule has 0 radical (unpaired) electrons. The van der Waals surface area contributed by atoms with Crippen LogP contribution in [0.5, 0.6) is 0 Å². The maximum absolute atomic E-state index is 12.1. The normalized spacial score (nSPS) is 18.0. The van der Waals surface area contributed by atoms with E-state index in [9.17, 15) is 4.79 Å². The van der Waals surface area contributed by atoms with Gasteiger partial charge in [-0.1, -0.05) is 26.3 Å². The van der Waals surface area contributed by atoms with Crippen LogP contribution in [-0.2, 0) is 11.2 Å². The molecule has 0 unspecified atom stereocenters. The molecule has 2 heterocycles. The summed E-state index contributed by atoms with van der Waals surface area (Å²) in [6.07, 6.45) is 8.93. The first-order chi connectivity index (χ1) is 9.69. The van der Waals surface area contributed by atoms with E-state index >= 15 is 0 Å². The molecule has 1 aliphatic rings. The van der Waals surface area contributed by atoms with Gasteiger partial charge in [0.25, 0.3) is 0 Å². The second-order valence-corrected chi connectivity index (χ2v) is 6.11. The molecule has 0 bridgehead atoms. The van der Waals surface area contributed by atoms with Gasteiger partial charge in [0.1, 0.15) is 0 Å². The van der Waals surface area contributed by atoms with Gasteiger partial charge in [-0.3, -0.25) is 9.78 Å². The molecule has 3 nitrogen and oxygen atoms in total. The smallest absolute Gasteiger partial charge is 0.222 e. The third kappa shape index (κ3) is 4.32. The Bertz CT molecular complexity index is 410. The van der Waals surface area contributed by atoms with Crippen LogP contribution in [0.25, 0.3) is 0 Å². The Morgan fingerprint density at radius 1 is 1.45 bits per heavy atom. The number of rotatable bonds is 5. The van der Waals surface area contributed by atoms with Gasteiger partial charge < -0.3 is 4.90 Å². The van der Waals surface area contributed by atoms with Crippen molar-refractivity contribution < 1.29 is 4.79 Å². The number of nitrogens with zero attached hydrogens (tertiary/aromatic N) is 2. The van der Waals surface area contributed by atoms with Gasteiger partial charge >= 0.3 is 0 Å². The second kappa shape index (κ2) is 7.41. The first-order valence-corrected chi connectivity index (χ1v) is 7.85. The molecule has 3 heteroatoms. The van der Waals surface area contributed by atoms with E-state index in [0.717, 1.165) is 38.8 Å². The third-order valence-electron chi connectivity index (χ3n) is 4.43. The zero-order valence-corrected chi connectivity index (χ0v) is 12.7. The Kier molecular flexibility index (Phi) is 5.57. The summed E-state index contributed by atoms with van der Waals surface area (Å²) in [5, 5.41) is 0. The Hall–Kier alpha value is -1.38. The largest absolute Gasteiger partial charge is 0.343 e. The van der Waals surface area contributed by atoms with E-state index in [1.807, 2.05) is 18.5 Å². The molecule has 1 atom stereocenters. The number of aromatic nitrogens is 1. The minimum Gasteiger partial charge on any atom is -0.343 e. The number of pyridine rings is 1. The summed E-state index contributed by atoms with van der Waals surface area (Å²) in [6, 6.07) is 4.15. The van der Waals surface area contributed by atoms with Crippen molar-refractivity contribution in [1.29, 1.82) is 0 Å². The molecule has 2 rings (SSSR count). The fraction of sp³-hybridized carbons (Fsp3) is 0.647. The van der Waals surface area contributed by atoms with E-state index in [4.69, 9.17) is 0 Å². The van der Waals surface area contributed by atoms with E-state index in [2.05, 4.69) is 29.8 Å². The lowest BCUT2D eigenvalue weighted by Gasteiger charge is -2.32. The van der Waals surface area contributed by atoms with Crippen LogP contribution in [0, 0.1) is 11.8 Å². The van der Waals surface area contributed by atoms with Gasteiger partial charge in [-0.05, 0) is 42.7 Å². The van der Waals surface area contributed by atoms with Crippen molar-refractivity contribution in [1.82, 2.24) is 9.88 Å². The molecular weight excluding hydrogens is 248 g/mol. The van der Waals surface area contributed by atoms with Gasteiger partial charge in [0.2, 0.25) is 5.91 Å². The zero-order valence-electron chi connectivity index (χ0n) is 12.7. The summed E-state index contributed by atoms with van der Waals surface area (Å²) in [5.74, 6) is 1.56. The first-order valence-electron chi connectivity index (χ1n) is 7.85. The standard InChI is InChI=1S/C17H26N2O/c1-3-14(2)11-17(20)19-9-6-15(7-10-19)12-16-5-4-8-18-13-16/h4-5,8,13-15H,3,6-7,9-12H2,1-2H3/t14-/m0/s1. The van der Waals surface area contributed by atoms with Crippen LogP contribution in [0.15, 0.2) is 24.5 Å². The van der Waals surface area contributed by atoms with Gasteiger partial charge in [0.05, 0.1) is 0 Å². The molecular formula is C17H26N2O. The van der Waals surface area contributed by atoms with Crippen molar-refractivity contribution in [3.05, 3.63) is 30.1 Å². The predicted octanol–water partition coefficient (Wildman–Crippen LogP) is 3.30. The van der Waals surface area contributed by atoms with E-state index in [1.165, 1.54) is 5.56 Å². The highest BCUT2D eigenvalue weighted by Crippen LogP contribution is 2.22. The molecule has 1 amide bonds. The summed E-state index contributed by atoms with van der Waals surface area (Å²) in [4.78, 5) is 18.4. The lowest BCUT2D eigenvalue weighted by molar-refractivity contribution is -0.133. The van der Waals surface area contributed by atoms with Crippen molar-refractivity contribution >= 4 is 5.91 Å². The van der Waals surface area contributed by atoms with E-state index in [0.29, 0.717) is 24.2 Å². The molecule has 0 spiro atoms. The first kappa shape index (κ1) is 15.0. The summed E-state index contributed by atoms with van der Waals surface area (Å²) in [7, 11) is 0. The lowest BCUT2D eigenvalue weighted by Crippen LogP contribution is -2.39. The summed E-state index contributed by atoms with van der Waals surface area (Å²) >= 11 is 0. The highest BCUT2D eigenvalue weighted by molar-refractivity contribution is 5.76. The second-order valence-electron chi connectivity index (χ2n) is 6.11. The average molecular weight is 274 g/mol. The average Bonchev–Trinajstić information content (AvgIpc) is 2.49. The van der Waals surface area contributed by atoms with Crippen molar-refractivity contribution in [3.63, 3.8) is 0 Å². The minimum absolute atomic E-state index is 0.346. The predicted molar refractivity (Wildman–Crippen MR) is 81.3 cm³/mol. The van der Waals surface area contributed by atoms with Crippen molar-refractivity contribution in [2.45, 2.75) is 46.0 Å². The Morgan fingerprint density at radius 2 is 2.20 bits per heavy atom. The number of amides is 1. The topological polar surface area (TPSA) is 33.2 Å². The molecule has 20 heavy (non-hydrogen) atoms. The number of carbonyl (C=O) groups is 1. The van der Waals surface area contributed by atoms with E-state index in [1.54, 1.807) is 0 Å². The van der Waals surface area contributed by atoms with Gasteiger partial charge in [-0.25, -0.2) is 0 Å². The fourth-order valence-electron chi connectivity index (χ4n) is 2.81. The molecule has 1 aromatic heterocycles. The Morgan fingerprint density at radius 3 is 2.80 bits per heavy atom. The van der Waals surface area contributed by atoms with Crippen LogP contribution < -0.4 is 0 Å². The third-order valence-corrected chi connectivity index (χ3v) is 4.43. The van der Waals surface area contributed by atoms with Crippen LogP contribution in [0.1, 0.15) is 45.1 Å². The summed E-state index contributed by atoms with van der Waals surface area (Å²) in [6.45, 7) is 6.17. The van der Waals surface area contributed by atoms with Gasteiger partial charge in [0, 0.05) is 31.9 Å². The quantitative estimate of drug-likeness (QED) is 0.825. The minimum atomic E-state index is 0.346. The Labute approximate surface area is 122 Å². The fourth-order valence-corrected chi connectivity index (χ4v) is 2.81. The van der Waals surface area contributed by atoms with Gasteiger partial charge in [-0.2, -0.15) is 0 Å². The van der Waals surface area contributed by atoms with Crippen molar-refractivity contribution in [2.24, 2.45) is 11.8 Å². The van der Waals surface area contributed by atoms with Crippen LogP contribution in [0.2, 0.25) is 0 Å². The molecule has 1 fully saturated rings. The van der Waals surface area contributed by atoms with Gasteiger partial charge in [-0.15, -0.1) is 0 Å². The number of likely N-dealkylation sites (tertiary alicyclic amines) is 1. The monoisotopic (exact) mass is 274 g/mol. The molecule has 0 N–H and O–H groups in total. The lowest BCUT2D eigenvalue weighted by atomic mass is 9.90. The summed E-state index contributed by atoms with van der Waals surface area (Å²) < 4.78 is 0. The number of piperidine rings is 1. The highest BCUT2D eigenvalue weighted by atomic mass is 16.2. The zero-order chi connectivity index (χ0) is 14.4. The van der Waals surface area contributed by atoms with Crippen molar-refractivity contribution in [3.8, 4) is 0 Å². The van der Waals surface area contributed by atoms with Crippen LogP contribution >= 0.6 is 0 Å².